The van der Waals surface area contributed by atoms with E-state index >= 15 is 0 Å². The van der Waals surface area contributed by atoms with Crippen molar-refractivity contribution >= 4 is 17.5 Å². The topological polar surface area (TPSA) is 40.5 Å². The van der Waals surface area contributed by atoms with Crippen molar-refractivity contribution in [1.82, 2.24) is 4.90 Å². The number of phenols is 1. The van der Waals surface area contributed by atoms with Gasteiger partial charge in [-0.1, -0.05) is 11.6 Å². The molecular formula is C12H14ClF2NO2. The molecule has 18 heavy (non-hydrogen) atoms. The molecule has 0 fully saturated rings. The zero-order valence-electron chi connectivity index (χ0n) is 9.87. The number of nitrogens with zero attached hydrogens (tertiary/aromatic N) is 1. The normalized spacial score (nSPS) is 10.7. The summed E-state index contributed by atoms with van der Waals surface area (Å²) in [6, 6.07) is 4.46. The first-order chi connectivity index (χ1) is 8.45. The molecule has 0 aliphatic rings. The van der Waals surface area contributed by atoms with Crippen molar-refractivity contribution in [3.05, 3.63) is 29.3 Å². The molecule has 1 rings (SSSR count). The Hall–Kier alpha value is -1.36. The third-order valence-electron chi connectivity index (χ3n) is 2.38. The average molecular weight is 278 g/mol. The molecule has 1 aromatic rings. The highest BCUT2D eigenvalue weighted by atomic mass is 35.5. The summed E-state index contributed by atoms with van der Waals surface area (Å²) in [5.74, 6) is -0.804. The molecular weight excluding hydrogens is 264 g/mol. The van der Waals surface area contributed by atoms with Crippen molar-refractivity contribution in [2.24, 2.45) is 0 Å². The molecule has 0 spiro atoms. The van der Waals surface area contributed by atoms with Crippen molar-refractivity contribution < 1.29 is 18.7 Å². The largest absolute Gasteiger partial charge is 0.507 e. The fraction of sp³-hybridized carbons (Fsp3) is 0.417. The number of hydrogen-bond acceptors (Lipinski definition) is 2. The number of benzene rings is 1. The first kappa shape index (κ1) is 14.7. The summed E-state index contributed by atoms with van der Waals surface area (Å²) in [5.41, 5.74) is 0.778. The third kappa shape index (κ3) is 3.84. The van der Waals surface area contributed by atoms with Crippen LogP contribution in [0.15, 0.2) is 18.2 Å². The smallest absolute Gasteiger partial charge is 0.257 e. The van der Waals surface area contributed by atoms with Crippen LogP contribution in [0.2, 0.25) is 0 Å². The first-order valence-corrected chi connectivity index (χ1v) is 5.92. The average Bonchev–Trinajstić information content (AvgIpc) is 2.30. The molecule has 3 nitrogen and oxygen atoms in total. The Labute approximate surface area is 109 Å². The van der Waals surface area contributed by atoms with Gasteiger partial charge in [-0.15, -0.1) is 11.6 Å². The highest BCUT2D eigenvalue weighted by Crippen LogP contribution is 2.20. The molecule has 0 heterocycles. The van der Waals surface area contributed by atoms with Gasteiger partial charge >= 0.3 is 0 Å². The Morgan fingerprint density at radius 3 is 2.72 bits per heavy atom. The van der Waals surface area contributed by atoms with Crippen LogP contribution in [0.5, 0.6) is 5.75 Å². The molecule has 0 atom stereocenters. The SMILES string of the molecule is Cc1ccc(O)c(C(=O)N(CCCl)CC(F)F)c1. The van der Waals surface area contributed by atoms with Crippen LogP contribution in [-0.2, 0) is 0 Å². The van der Waals surface area contributed by atoms with Crippen LogP contribution in [0.3, 0.4) is 0 Å². The summed E-state index contributed by atoms with van der Waals surface area (Å²) < 4.78 is 24.7. The quantitative estimate of drug-likeness (QED) is 0.841. The van der Waals surface area contributed by atoms with Gasteiger partial charge in [-0.2, -0.15) is 0 Å². The molecule has 0 aliphatic heterocycles. The van der Waals surface area contributed by atoms with Gasteiger partial charge in [-0.3, -0.25) is 4.79 Å². The second kappa shape index (κ2) is 6.54. The van der Waals surface area contributed by atoms with Gasteiger partial charge < -0.3 is 10.0 Å². The summed E-state index contributed by atoms with van der Waals surface area (Å²) >= 11 is 5.48. The van der Waals surface area contributed by atoms with Gasteiger partial charge in [0.25, 0.3) is 12.3 Å². The number of amides is 1. The van der Waals surface area contributed by atoms with Crippen LogP contribution in [-0.4, -0.2) is 41.3 Å². The summed E-state index contributed by atoms with van der Waals surface area (Å²) in [5, 5.41) is 9.59. The second-order valence-corrected chi connectivity index (χ2v) is 4.23. The lowest BCUT2D eigenvalue weighted by Crippen LogP contribution is -2.36. The maximum Gasteiger partial charge on any atom is 0.257 e. The molecule has 100 valence electrons. The molecule has 1 amide bonds. The van der Waals surface area contributed by atoms with Crippen LogP contribution < -0.4 is 0 Å². The third-order valence-corrected chi connectivity index (χ3v) is 2.55. The van der Waals surface area contributed by atoms with Gasteiger partial charge in [-0.25, -0.2) is 8.78 Å². The van der Waals surface area contributed by atoms with Gasteiger partial charge in [0.2, 0.25) is 0 Å². The Bertz CT molecular complexity index is 427. The number of carbonyl (C=O) groups excluding carboxylic acids is 1. The molecule has 0 saturated carbocycles. The van der Waals surface area contributed by atoms with E-state index in [9.17, 15) is 18.7 Å². The van der Waals surface area contributed by atoms with Gasteiger partial charge in [0.05, 0.1) is 12.1 Å². The fourth-order valence-electron chi connectivity index (χ4n) is 1.54. The minimum absolute atomic E-state index is 0.0120. The minimum atomic E-state index is -2.64. The molecule has 0 aliphatic carbocycles. The van der Waals surface area contributed by atoms with Gasteiger partial charge in [0.1, 0.15) is 5.75 Å². The molecule has 1 N–H and O–H groups in total. The zero-order chi connectivity index (χ0) is 13.7. The number of phenolic OH excluding ortho intramolecular Hbond substituents is 1. The van der Waals surface area contributed by atoms with E-state index in [1.165, 1.54) is 12.1 Å². The van der Waals surface area contributed by atoms with E-state index in [2.05, 4.69) is 0 Å². The molecule has 0 unspecified atom stereocenters. The van der Waals surface area contributed by atoms with E-state index < -0.39 is 18.9 Å². The summed E-state index contributed by atoms with van der Waals surface area (Å²) in [6.07, 6.45) is -2.64. The fourth-order valence-corrected chi connectivity index (χ4v) is 1.74. The predicted octanol–water partition coefficient (Wildman–Crippen LogP) is 2.65. The Morgan fingerprint density at radius 2 is 2.17 bits per heavy atom. The van der Waals surface area contributed by atoms with Crippen molar-refractivity contribution in [2.75, 3.05) is 19.0 Å². The molecule has 0 aromatic heterocycles. The van der Waals surface area contributed by atoms with E-state index in [-0.39, 0.29) is 23.7 Å². The molecule has 6 heteroatoms. The lowest BCUT2D eigenvalue weighted by molar-refractivity contribution is 0.0568. The van der Waals surface area contributed by atoms with Gasteiger partial charge in [0.15, 0.2) is 0 Å². The Kier molecular flexibility index (Phi) is 5.34. The summed E-state index contributed by atoms with van der Waals surface area (Å²) in [7, 11) is 0. The first-order valence-electron chi connectivity index (χ1n) is 5.38. The number of rotatable bonds is 5. The maximum atomic E-state index is 12.4. The molecule has 0 bridgehead atoms. The number of aryl methyl sites for hydroxylation is 1. The lowest BCUT2D eigenvalue weighted by atomic mass is 10.1. The van der Waals surface area contributed by atoms with E-state index in [0.29, 0.717) is 0 Å². The number of alkyl halides is 3. The van der Waals surface area contributed by atoms with Crippen molar-refractivity contribution in [2.45, 2.75) is 13.3 Å². The minimum Gasteiger partial charge on any atom is -0.507 e. The summed E-state index contributed by atoms with van der Waals surface area (Å²) in [6.45, 7) is 1.06. The Balaban J connectivity index is 2.97. The van der Waals surface area contributed by atoms with Crippen LogP contribution in [0, 0.1) is 6.92 Å². The monoisotopic (exact) mass is 277 g/mol. The lowest BCUT2D eigenvalue weighted by Gasteiger charge is -2.21. The standard InChI is InChI=1S/C12H14ClF2NO2/c1-8-2-3-10(17)9(6-8)12(18)16(5-4-13)7-11(14)15/h2-3,6,11,17H,4-5,7H2,1H3. The van der Waals surface area contributed by atoms with Gasteiger partial charge in [-0.05, 0) is 19.1 Å². The molecule has 0 radical (unpaired) electrons. The van der Waals surface area contributed by atoms with E-state index in [4.69, 9.17) is 11.6 Å². The predicted molar refractivity (Wildman–Crippen MR) is 65.5 cm³/mol. The van der Waals surface area contributed by atoms with Crippen molar-refractivity contribution in [3.8, 4) is 5.75 Å². The van der Waals surface area contributed by atoms with E-state index in [1.807, 2.05) is 0 Å². The van der Waals surface area contributed by atoms with Crippen molar-refractivity contribution in [3.63, 3.8) is 0 Å². The highest BCUT2D eigenvalue weighted by Gasteiger charge is 2.21. The van der Waals surface area contributed by atoms with E-state index in [0.717, 1.165) is 10.5 Å². The number of aromatic hydroxyl groups is 1. The number of hydrogen-bond donors (Lipinski definition) is 1. The van der Waals surface area contributed by atoms with Crippen LogP contribution >= 0.6 is 11.6 Å². The van der Waals surface area contributed by atoms with Crippen LogP contribution in [0.4, 0.5) is 8.78 Å². The Morgan fingerprint density at radius 1 is 1.50 bits per heavy atom. The molecule has 1 aromatic carbocycles. The second-order valence-electron chi connectivity index (χ2n) is 3.85. The maximum absolute atomic E-state index is 12.4. The van der Waals surface area contributed by atoms with Crippen molar-refractivity contribution in [1.29, 1.82) is 0 Å². The van der Waals surface area contributed by atoms with Crippen LogP contribution in [0.25, 0.3) is 0 Å². The van der Waals surface area contributed by atoms with Gasteiger partial charge in [0, 0.05) is 12.4 Å². The molecule has 0 saturated heterocycles. The highest BCUT2D eigenvalue weighted by molar-refractivity contribution is 6.18. The van der Waals surface area contributed by atoms with E-state index in [1.54, 1.807) is 13.0 Å². The zero-order valence-corrected chi connectivity index (χ0v) is 10.6. The summed E-state index contributed by atoms with van der Waals surface area (Å²) in [4.78, 5) is 13.0. The number of carbonyl (C=O) groups is 1. The van der Waals surface area contributed by atoms with Crippen LogP contribution in [0.1, 0.15) is 15.9 Å². The number of halogens is 3.